The number of hydrogen-bond donors (Lipinski definition) is 1. The number of fused-ring (bicyclic) bond motifs is 1. The third kappa shape index (κ3) is 4.59. The number of anilines is 1. The fraction of sp³-hybridized carbons (Fsp3) is 0.522. The summed E-state index contributed by atoms with van der Waals surface area (Å²) in [6, 6.07) is 2.97. The zero-order valence-electron chi connectivity index (χ0n) is 18.5. The number of aryl methyl sites for hydroxylation is 1. The van der Waals surface area contributed by atoms with E-state index < -0.39 is 0 Å². The van der Waals surface area contributed by atoms with Crippen LogP contribution < -0.4 is 5.32 Å². The van der Waals surface area contributed by atoms with E-state index in [-0.39, 0.29) is 23.8 Å². The molecule has 0 spiro atoms. The summed E-state index contributed by atoms with van der Waals surface area (Å²) < 4.78 is 10.5. The molecule has 3 heterocycles. The Morgan fingerprint density at radius 3 is 2.62 bits per heavy atom. The minimum Gasteiger partial charge on any atom is -0.462 e. The molecule has 0 bridgehead atoms. The number of hydrogen-bond acceptors (Lipinski definition) is 7. The summed E-state index contributed by atoms with van der Waals surface area (Å²) in [7, 11) is 0. The van der Waals surface area contributed by atoms with Crippen LogP contribution in [0, 0.1) is 0 Å². The highest BCUT2D eigenvalue weighted by atomic mass is 32.1. The van der Waals surface area contributed by atoms with Gasteiger partial charge in [0.15, 0.2) is 5.76 Å². The molecule has 0 saturated carbocycles. The Hall–Kier alpha value is -2.65. The first-order chi connectivity index (χ1) is 15.5. The molecule has 8 nitrogen and oxygen atoms in total. The molecule has 4 rings (SSSR count). The minimum atomic E-state index is -0.384. The van der Waals surface area contributed by atoms with E-state index in [1.165, 1.54) is 22.5 Å². The van der Waals surface area contributed by atoms with Crippen LogP contribution in [-0.4, -0.2) is 66.4 Å². The molecule has 0 aromatic carbocycles. The van der Waals surface area contributed by atoms with Crippen molar-refractivity contribution < 1.29 is 23.5 Å². The van der Waals surface area contributed by atoms with E-state index >= 15 is 0 Å². The molecule has 0 unspecified atom stereocenters. The van der Waals surface area contributed by atoms with Crippen molar-refractivity contribution in [1.29, 1.82) is 0 Å². The number of nitrogens with zero attached hydrogens (tertiary/aromatic N) is 2. The second-order valence-corrected chi connectivity index (χ2v) is 9.21. The van der Waals surface area contributed by atoms with Crippen LogP contribution in [0.3, 0.4) is 0 Å². The SMILES string of the molecule is CCOC(=O)c1c(NC(=O)[C@H](C)N2CCN(C(=O)c3ccco3)CC2)sc2c1CCCC2. The zero-order valence-corrected chi connectivity index (χ0v) is 19.3. The molecule has 2 amide bonds. The summed E-state index contributed by atoms with van der Waals surface area (Å²) in [5, 5.41) is 3.60. The molecule has 1 N–H and O–H groups in total. The van der Waals surface area contributed by atoms with Crippen LogP contribution in [0.25, 0.3) is 0 Å². The van der Waals surface area contributed by atoms with Gasteiger partial charge in [-0.15, -0.1) is 11.3 Å². The fourth-order valence-electron chi connectivity index (χ4n) is 4.32. The predicted octanol–water partition coefficient (Wildman–Crippen LogP) is 3.18. The number of amides is 2. The average molecular weight is 460 g/mol. The van der Waals surface area contributed by atoms with Crippen LogP contribution >= 0.6 is 11.3 Å². The summed E-state index contributed by atoms with van der Waals surface area (Å²) in [6.07, 6.45) is 5.41. The van der Waals surface area contributed by atoms with Gasteiger partial charge in [-0.1, -0.05) is 0 Å². The van der Waals surface area contributed by atoms with E-state index in [0.717, 1.165) is 31.2 Å². The van der Waals surface area contributed by atoms with Crippen LogP contribution in [0.5, 0.6) is 0 Å². The Bertz CT molecular complexity index is 976. The molecule has 2 aromatic heterocycles. The maximum atomic E-state index is 13.1. The third-order valence-electron chi connectivity index (χ3n) is 6.15. The number of carbonyl (C=O) groups is 3. The van der Waals surface area contributed by atoms with E-state index in [0.29, 0.717) is 49.1 Å². The zero-order chi connectivity index (χ0) is 22.7. The van der Waals surface area contributed by atoms with Crippen molar-refractivity contribution in [2.24, 2.45) is 0 Å². The lowest BCUT2D eigenvalue weighted by molar-refractivity contribution is -0.121. The summed E-state index contributed by atoms with van der Waals surface area (Å²) >= 11 is 1.50. The van der Waals surface area contributed by atoms with Gasteiger partial charge in [0.05, 0.1) is 24.5 Å². The first kappa shape index (κ1) is 22.5. The molecular weight excluding hydrogens is 430 g/mol. The lowest BCUT2D eigenvalue weighted by atomic mass is 9.95. The largest absolute Gasteiger partial charge is 0.462 e. The molecule has 1 aliphatic carbocycles. The summed E-state index contributed by atoms with van der Waals surface area (Å²) in [5.74, 6) is -0.313. The first-order valence-electron chi connectivity index (χ1n) is 11.2. The van der Waals surface area contributed by atoms with Gasteiger partial charge in [0.2, 0.25) is 5.91 Å². The van der Waals surface area contributed by atoms with Crippen molar-refractivity contribution >= 4 is 34.1 Å². The molecule has 9 heteroatoms. The van der Waals surface area contributed by atoms with E-state index in [1.54, 1.807) is 24.0 Å². The molecule has 32 heavy (non-hydrogen) atoms. The lowest BCUT2D eigenvalue weighted by Gasteiger charge is -2.37. The molecule has 172 valence electrons. The standard InChI is InChI=1S/C23H29N3O5S/c1-3-30-23(29)19-16-7-4-5-9-18(16)32-21(19)24-20(27)15(2)25-10-12-26(13-11-25)22(28)17-8-6-14-31-17/h6,8,14-15H,3-5,7,9-13H2,1-2H3,(H,24,27)/t15-/m0/s1. The Labute approximate surface area is 191 Å². The first-order valence-corrected chi connectivity index (χ1v) is 12.0. The molecule has 1 aliphatic heterocycles. The number of carbonyl (C=O) groups excluding carboxylic acids is 3. The predicted molar refractivity (Wildman–Crippen MR) is 121 cm³/mol. The van der Waals surface area contributed by atoms with Crippen molar-refractivity contribution in [2.75, 3.05) is 38.1 Å². The second kappa shape index (κ2) is 9.87. The number of thiophene rings is 1. The van der Waals surface area contributed by atoms with Crippen molar-refractivity contribution in [3.8, 4) is 0 Å². The maximum absolute atomic E-state index is 13.1. The highest BCUT2D eigenvalue weighted by Gasteiger charge is 2.31. The highest BCUT2D eigenvalue weighted by molar-refractivity contribution is 7.17. The van der Waals surface area contributed by atoms with Crippen molar-refractivity contribution in [3.63, 3.8) is 0 Å². The summed E-state index contributed by atoms with van der Waals surface area (Å²) in [4.78, 5) is 43.1. The number of nitrogens with one attached hydrogen (secondary N) is 1. The van der Waals surface area contributed by atoms with E-state index in [2.05, 4.69) is 10.2 Å². The Balaban J connectivity index is 1.40. The van der Waals surface area contributed by atoms with Gasteiger partial charge in [-0.05, 0) is 57.2 Å². The molecule has 2 aromatic rings. The van der Waals surface area contributed by atoms with Crippen molar-refractivity contribution in [1.82, 2.24) is 9.80 Å². The van der Waals surface area contributed by atoms with Crippen LogP contribution in [0.1, 0.15) is 58.0 Å². The Morgan fingerprint density at radius 1 is 1.19 bits per heavy atom. The summed E-state index contributed by atoms with van der Waals surface area (Å²) in [6.45, 7) is 6.18. The van der Waals surface area contributed by atoms with Crippen LogP contribution in [0.2, 0.25) is 0 Å². The van der Waals surface area contributed by atoms with Crippen LogP contribution in [0.4, 0.5) is 5.00 Å². The van der Waals surface area contributed by atoms with Gasteiger partial charge in [0, 0.05) is 31.1 Å². The number of esters is 1. The van der Waals surface area contributed by atoms with Gasteiger partial charge in [0.25, 0.3) is 5.91 Å². The molecule has 1 atom stereocenters. The van der Waals surface area contributed by atoms with Gasteiger partial charge >= 0.3 is 5.97 Å². The topological polar surface area (TPSA) is 92.1 Å². The number of furan rings is 1. The maximum Gasteiger partial charge on any atom is 0.341 e. The van der Waals surface area contributed by atoms with Gasteiger partial charge in [-0.3, -0.25) is 14.5 Å². The average Bonchev–Trinajstić information content (AvgIpc) is 3.46. The van der Waals surface area contributed by atoms with Gasteiger partial charge < -0.3 is 19.4 Å². The molecule has 0 radical (unpaired) electrons. The van der Waals surface area contributed by atoms with Gasteiger partial charge in [0.1, 0.15) is 5.00 Å². The van der Waals surface area contributed by atoms with E-state index in [9.17, 15) is 14.4 Å². The molecule has 1 fully saturated rings. The van der Waals surface area contributed by atoms with Gasteiger partial charge in [-0.25, -0.2) is 4.79 Å². The number of rotatable bonds is 6. The molecular formula is C23H29N3O5S. The van der Waals surface area contributed by atoms with Gasteiger partial charge in [-0.2, -0.15) is 0 Å². The quantitative estimate of drug-likeness (QED) is 0.667. The minimum absolute atomic E-state index is 0.130. The molecule has 2 aliphatic rings. The van der Waals surface area contributed by atoms with Crippen molar-refractivity contribution in [2.45, 2.75) is 45.6 Å². The summed E-state index contributed by atoms with van der Waals surface area (Å²) in [5.41, 5.74) is 1.56. The van der Waals surface area contributed by atoms with E-state index in [1.807, 2.05) is 6.92 Å². The normalized spacial score (nSPS) is 17.5. The lowest BCUT2D eigenvalue weighted by Crippen LogP contribution is -2.54. The Kier molecular flexibility index (Phi) is 6.95. The number of piperazine rings is 1. The van der Waals surface area contributed by atoms with E-state index in [4.69, 9.17) is 9.15 Å². The Morgan fingerprint density at radius 2 is 1.94 bits per heavy atom. The third-order valence-corrected chi connectivity index (χ3v) is 7.36. The second-order valence-electron chi connectivity index (χ2n) is 8.11. The molecule has 1 saturated heterocycles. The van der Waals surface area contributed by atoms with Crippen molar-refractivity contribution in [3.05, 3.63) is 40.2 Å². The highest BCUT2D eigenvalue weighted by Crippen LogP contribution is 2.38. The fourth-order valence-corrected chi connectivity index (χ4v) is 5.60. The smallest absolute Gasteiger partial charge is 0.341 e. The van der Waals surface area contributed by atoms with Crippen LogP contribution in [-0.2, 0) is 22.4 Å². The number of ether oxygens (including phenoxy) is 1. The van der Waals surface area contributed by atoms with Crippen LogP contribution in [0.15, 0.2) is 22.8 Å². The monoisotopic (exact) mass is 459 g/mol.